The van der Waals surface area contributed by atoms with Gasteiger partial charge in [-0.3, -0.25) is 0 Å². The number of aromatic nitrogens is 2. The lowest BCUT2D eigenvalue weighted by molar-refractivity contribution is 0.398. The largest absolute Gasteiger partial charge is 0.496 e. The Bertz CT molecular complexity index is 669. The van der Waals surface area contributed by atoms with Gasteiger partial charge in [-0.15, -0.1) is 0 Å². The fraction of sp³-hybridized carbons (Fsp3) is 0.375. The molecule has 1 aromatic carbocycles. The molecule has 2 rings (SSSR count). The van der Waals surface area contributed by atoms with E-state index in [1.165, 1.54) is 0 Å². The summed E-state index contributed by atoms with van der Waals surface area (Å²) in [6.45, 7) is 6.07. The molecule has 0 spiro atoms. The quantitative estimate of drug-likeness (QED) is 0.563. The zero-order chi connectivity index (χ0) is 16.3. The second kappa shape index (κ2) is 7.33. The summed E-state index contributed by atoms with van der Waals surface area (Å²) in [5.74, 6) is 2.32. The number of methoxy groups -OCH3 is 2. The lowest BCUT2D eigenvalue weighted by atomic mass is 10.2. The van der Waals surface area contributed by atoms with E-state index >= 15 is 0 Å². The van der Waals surface area contributed by atoms with Crippen LogP contribution in [0.25, 0.3) is 0 Å². The van der Waals surface area contributed by atoms with E-state index in [1.807, 2.05) is 32.9 Å². The summed E-state index contributed by atoms with van der Waals surface area (Å²) < 4.78 is 11.7. The summed E-state index contributed by atoms with van der Waals surface area (Å²) in [7, 11) is 3.32. The standard InChI is InChI=1S/C16H19BrN2O2S/c1-9-10(2)18-16(19-11(9)3)22-8-12-6-15(21-5)13(17)7-14(12)20-4/h6-7H,8H2,1-5H3. The van der Waals surface area contributed by atoms with Crippen molar-refractivity contribution >= 4 is 27.7 Å². The predicted molar refractivity (Wildman–Crippen MR) is 93.1 cm³/mol. The van der Waals surface area contributed by atoms with Crippen LogP contribution in [0.1, 0.15) is 22.5 Å². The van der Waals surface area contributed by atoms with Crippen LogP contribution in [0.15, 0.2) is 21.8 Å². The average molecular weight is 383 g/mol. The first kappa shape index (κ1) is 17.1. The molecule has 0 aliphatic rings. The van der Waals surface area contributed by atoms with Gasteiger partial charge in [0, 0.05) is 22.7 Å². The van der Waals surface area contributed by atoms with Crippen LogP contribution >= 0.6 is 27.7 Å². The van der Waals surface area contributed by atoms with E-state index in [1.54, 1.807) is 26.0 Å². The van der Waals surface area contributed by atoms with Gasteiger partial charge in [0.05, 0.1) is 18.7 Å². The molecule has 0 bridgehead atoms. The Morgan fingerprint density at radius 2 is 1.59 bits per heavy atom. The molecule has 0 N–H and O–H groups in total. The van der Waals surface area contributed by atoms with E-state index < -0.39 is 0 Å². The fourth-order valence-corrected chi connectivity index (χ4v) is 3.38. The molecule has 0 fully saturated rings. The molecule has 0 radical (unpaired) electrons. The first-order valence-electron chi connectivity index (χ1n) is 6.81. The number of hydrogen-bond acceptors (Lipinski definition) is 5. The maximum Gasteiger partial charge on any atom is 0.188 e. The number of halogens is 1. The number of benzene rings is 1. The molecular formula is C16H19BrN2O2S. The highest BCUT2D eigenvalue weighted by Crippen LogP contribution is 2.35. The second-order valence-electron chi connectivity index (χ2n) is 4.89. The Balaban J connectivity index is 2.24. The van der Waals surface area contributed by atoms with Crippen molar-refractivity contribution in [2.45, 2.75) is 31.7 Å². The summed E-state index contributed by atoms with van der Waals surface area (Å²) in [5, 5.41) is 0.782. The molecule has 1 heterocycles. The first-order valence-corrected chi connectivity index (χ1v) is 8.59. The van der Waals surface area contributed by atoms with Gasteiger partial charge in [0.2, 0.25) is 0 Å². The van der Waals surface area contributed by atoms with Gasteiger partial charge in [-0.1, -0.05) is 11.8 Å². The summed E-state index contributed by atoms with van der Waals surface area (Å²) >= 11 is 5.06. The topological polar surface area (TPSA) is 44.2 Å². The monoisotopic (exact) mass is 382 g/mol. The molecule has 0 atom stereocenters. The molecule has 22 heavy (non-hydrogen) atoms. The highest BCUT2D eigenvalue weighted by atomic mass is 79.9. The molecular weight excluding hydrogens is 364 g/mol. The van der Waals surface area contributed by atoms with Crippen molar-refractivity contribution in [1.82, 2.24) is 9.97 Å². The molecule has 118 valence electrons. The minimum Gasteiger partial charge on any atom is -0.496 e. The molecule has 0 aliphatic heterocycles. The smallest absolute Gasteiger partial charge is 0.188 e. The Morgan fingerprint density at radius 1 is 1.00 bits per heavy atom. The van der Waals surface area contributed by atoms with Crippen LogP contribution in [-0.4, -0.2) is 24.2 Å². The van der Waals surface area contributed by atoms with Crippen LogP contribution in [0, 0.1) is 20.8 Å². The van der Waals surface area contributed by atoms with Crippen molar-refractivity contribution in [3.8, 4) is 11.5 Å². The van der Waals surface area contributed by atoms with Gasteiger partial charge in [-0.25, -0.2) is 9.97 Å². The average Bonchev–Trinajstić information content (AvgIpc) is 2.50. The highest BCUT2D eigenvalue weighted by molar-refractivity contribution is 9.10. The van der Waals surface area contributed by atoms with Gasteiger partial charge in [0.1, 0.15) is 11.5 Å². The number of hydrogen-bond donors (Lipinski definition) is 0. The van der Waals surface area contributed by atoms with E-state index in [4.69, 9.17) is 9.47 Å². The van der Waals surface area contributed by atoms with E-state index in [-0.39, 0.29) is 0 Å². The second-order valence-corrected chi connectivity index (χ2v) is 6.69. The summed E-state index contributed by atoms with van der Waals surface area (Å²) in [4.78, 5) is 9.07. The van der Waals surface area contributed by atoms with Crippen molar-refractivity contribution < 1.29 is 9.47 Å². The van der Waals surface area contributed by atoms with Gasteiger partial charge in [-0.2, -0.15) is 0 Å². The molecule has 2 aromatic rings. The number of aryl methyl sites for hydroxylation is 2. The zero-order valence-electron chi connectivity index (χ0n) is 13.4. The summed E-state index contributed by atoms with van der Waals surface area (Å²) in [6, 6.07) is 3.89. The van der Waals surface area contributed by atoms with Gasteiger partial charge in [0.25, 0.3) is 0 Å². The van der Waals surface area contributed by atoms with Gasteiger partial charge in [0.15, 0.2) is 5.16 Å². The van der Waals surface area contributed by atoms with Gasteiger partial charge < -0.3 is 9.47 Å². The minimum absolute atomic E-state index is 0.717. The lowest BCUT2D eigenvalue weighted by Gasteiger charge is -2.12. The van der Waals surface area contributed by atoms with Crippen LogP contribution in [0.3, 0.4) is 0 Å². The van der Waals surface area contributed by atoms with E-state index in [0.29, 0.717) is 0 Å². The summed E-state index contributed by atoms with van der Waals surface area (Å²) in [6.07, 6.45) is 0. The Morgan fingerprint density at radius 3 is 2.14 bits per heavy atom. The fourth-order valence-electron chi connectivity index (χ4n) is 1.98. The third-order valence-electron chi connectivity index (χ3n) is 3.52. The predicted octanol–water partition coefficient (Wildman–Crippen LogP) is 4.47. The third-order valence-corrected chi connectivity index (χ3v) is 5.04. The Hall–Kier alpha value is -1.27. The minimum atomic E-state index is 0.717. The van der Waals surface area contributed by atoms with Crippen LogP contribution in [0.5, 0.6) is 11.5 Å². The molecule has 0 aliphatic carbocycles. The molecule has 0 amide bonds. The molecule has 1 aromatic heterocycles. The van der Waals surface area contributed by atoms with Crippen molar-refractivity contribution in [3.63, 3.8) is 0 Å². The summed E-state index contributed by atoms with van der Waals surface area (Å²) in [5.41, 5.74) is 4.24. The van der Waals surface area contributed by atoms with Crippen molar-refractivity contribution in [1.29, 1.82) is 0 Å². The maximum atomic E-state index is 5.44. The van der Waals surface area contributed by atoms with E-state index in [0.717, 1.165) is 49.4 Å². The van der Waals surface area contributed by atoms with Gasteiger partial charge >= 0.3 is 0 Å². The van der Waals surface area contributed by atoms with E-state index in [9.17, 15) is 0 Å². The SMILES string of the molecule is COc1cc(CSc2nc(C)c(C)c(C)n2)c(OC)cc1Br. The zero-order valence-corrected chi connectivity index (χ0v) is 15.8. The third kappa shape index (κ3) is 3.73. The molecule has 0 saturated carbocycles. The maximum absolute atomic E-state index is 5.44. The number of nitrogens with zero attached hydrogens (tertiary/aromatic N) is 2. The molecule has 6 heteroatoms. The van der Waals surface area contributed by atoms with Crippen molar-refractivity contribution in [3.05, 3.63) is 39.1 Å². The van der Waals surface area contributed by atoms with Crippen molar-refractivity contribution in [2.24, 2.45) is 0 Å². The molecule has 0 saturated heterocycles. The molecule has 4 nitrogen and oxygen atoms in total. The molecule has 0 unspecified atom stereocenters. The lowest BCUT2D eigenvalue weighted by Crippen LogP contribution is -1.99. The normalized spacial score (nSPS) is 10.6. The first-order chi connectivity index (χ1) is 10.5. The number of rotatable bonds is 5. The van der Waals surface area contributed by atoms with Crippen LogP contribution < -0.4 is 9.47 Å². The van der Waals surface area contributed by atoms with Gasteiger partial charge in [-0.05, 0) is 54.4 Å². The Kier molecular flexibility index (Phi) is 5.69. The Labute approximate surface area is 143 Å². The number of ether oxygens (including phenoxy) is 2. The van der Waals surface area contributed by atoms with E-state index in [2.05, 4.69) is 25.9 Å². The van der Waals surface area contributed by atoms with Crippen LogP contribution in [0.2, 0.25) is 0 Å². The highest BCUT2D eigenvalue weighted by Gasteiger charge is 2.12. The number of thioether (sulfide) groups is 1. The van der Waals surface area contributed by atoms with Crippen LogP contribution in [0.4, 0.5) is 0 Å². The van der Waals surface area contributed by atoms with Crippen LogP contribution in [-0.2, 0) is 5.75 Å². The van der Waals surface area contributed by atoms with Crippen molar-refractivity contribution in [2.75, 3.05) is 14.2 Å².